The lowest BCUT2D eigenvalue weighted by Gasteiger charge is -2.11. The molecule has 1 heterocycles. The molecule has 0 aliphatic rings. The van der Waals surface area contributed by atoms with Gasteiger partial charge in [-0.05, 0) is 30.3 Å². The molecule has 0 saturated carbocycles. The largest absolute Gasteiger partial charge is 0.493 e. The highest BCUT2D eigenvalue weighted by molar-refractivity contribution is 5.94. The fourth-order valence-corrected chi connectivity index (χ4v) is 2.81. The molecule has 0 bridgehead atoms. The lowest BCUT2D eigenvalue weighted by Crippen LogP contribution is -2.23. The summed E-state index contributed by atoms with van der Waals surface area (Å²) < 4.78 is 11.8. The van der Waals surface area contributed by atoms with Gasteiger partial charge in [0.25, 0.3) is 5.56 Å². The van der Waals surface area contributed by atoms with E-state index in [1.807, 2.05) is 0 Å². The molecule has 0 unspecified atom stereocenters. The van der Waals surface area contributed by atoms with Crippen molar-refractivity contribution in [2.75, 3.05) is 19.5 Å². The van der Waals surface area contributed by atoms with Gasteiger partial charge in [0.15, 0.2) is 11.5 Å². The molecule has 2 amide bonds. The maximum absolute atomic E-state index is 12.7. The minimum atomic E-state index is -0.541. The van der Waals surface area contributed by atoms with Gasteiger partial charge in [-0.25, -0.2) is 4.98 Å². The Morgan fingerprint density at radius 1 is 1.10 bits per heavy atom. The van der Waals surface area contributed by atoms with Gasteiger partial charge in [-0.1, -0.05) is 0 Å². The van der Waals surface area contributed by atoms with Crippen molar-refractivity contribution in [1.82, 2.24) is 9.55 Å². The second-order valence-electron chi connectivity index (χ2n) is 6.21. The van der Waals surface area contributed by atoms with Crippen molar-refractivity contribution in [2.24, 2.45) is 5.73 Å². The highest BCUT2D eigenvalue weighted by Gasteiger charge is 2.12. The number of benzene rings is 2. The van der Waals surface area contributed by atoms with Crippen LogP contribution < -0.4 is 26.1 Å². The van der Waals surface area contributed by atoms with E-state index in [0.717, 1.165) is 0 Å². The van der Waals surface area contributed by atoms with Crippen molar-refractivity contribution in [2.45, 2.75) is 13.0 Å². The molecule has 0 atom stereocenters. The number of aryl methyl sites for hydroxylation is 1. The first-order valence-electron chi connectivity index (χ1n) is 8.74. The van der Waals surface area contributed by atoms with Crippen LogP contribution in [0.3, 0.4) is 0 Å². The van der Waals surface area contributed by atoms with E-state index in [1.54, 1.807) is 24.3 Å². The second-order valence-corrected chi connectivity index (χ2v) is 6.21. The van der Waals surface area contributed by atoms with Crippen LogP contribution in [0.25, 0.3) is 10.9 Å². The fourth-order valence-electron chi connectivity index (χ4n) is 2.81. The summed E-state index contributed by atoms with van der Waals surface area (Å²) in [7, 11) is 2.99. The molecular formula is C20H20N4O5. The molecule has 1 aromatic heterocycles. The van der Waals surface area contributed by atoms with Crippen LogP contribution in [0.1, 0.15) is 16.8 Å². The van der Waals surface area contributed by atoms with Gasteiger partial charge in [0.05, 0.1) is 31.4 Å². The van der Waals surface area contributed by atoms with E-state index >= 15 is 0 Å². The standard InChI is InChI=1S/C20H20N4O5/c1-28-16-9-14-15(10-17(16)29-2)22-11-24(20(14)27)8-7-18(25)23-13-5-3-12(4-6-13)19(21)26/h3-6,9-11H,7-8H2,1-2H3,(H2,21,26)(H,23,25). The number of fused-ring (bicyclic) bond motifs is 1. The van der Waals surface area contributed by atoms with Gasteiger partial charge >= 0.3 is 0 Å². The van der Waals surface area contributed by atoms with Crippen LogP contribution in [0.15, 0.2) is 47.5 Å². The van der Waals surface area contributed by atoms with Crippen molar-refractivity contribution >= 4 is 28.4 Å². The zero-order valence-corrected chi connectivity index (χ0v) is 16.0. The maximum Gasteiger partial charge on any atom is 0.261 e. The molecule has 29 heavy (non-hydrogen) atoms. The van der Waals surface area contributed by atoms with Crippen LogP contribution >= 0.6 is 0 Å². The van der Waals surface area contributed by atoms with Gasteiger partial charge in [-0.3, -0.25) is 19.0 Å². The lowest BCUT2D eigenvalue weighted by atomic mass is 10.2. The normalized spacial score (nSPS) is 10.6. The molecule has 0 radical (unpaired) electrons. The number of carbonyl (C=O) groups excluding carboxylic acids is 2. The van der Waals surface area contributed by atoms with E-state index in [-0.39, 0.29) is 24.4 Å². The first-order valence-corrected chi connectivity index (χ1v) is 8.74. The molecular weight excluding hydrogens is 376 g/mol. The third kappa shape index (κ3) is 4.34. The SMILES string of the molecule is COc1cc2ncn(CCC(=O)Nc3ccc(C(N)=O)cc3)c(=O)c2cc1OC. The van der Waals surface area contributed by atoms with Crippen molar-refractivity contribution in [1.29, 1.82) is 0 Å². The minimum Gasteiger partial charge on any atom is -0.493 e. The number of carbonyl (C=O) groups is 2. The first-order chi connectivity index (χ1) is 13.9. The van der Waals surface area contributed by atoms with Gasteiger partial charge in [-0.2, -0.15) is 0 Å². The Hall–Kier alpha value is -3.88. The Morgan fingerprint density at radius 2 is 1.76 bits per heavy atom. The highest BCUT2D eigenvalue weighted by atomic mass is 16.5. The zero-order chi connectivity index (χ0) is 21.0. The maximum atomic E-state index is 12.7. The summed E-state index contributed by atoms with van der Waals surface area (Å²) in [6.45, 7) is 0.154. The van der Waals surface area contributed by atoms with E-state index < -0.39 is 5.91 Å². The topological polar surface area (TPSA) is 126 Å². The van der Waals surface area contributed by atoms with Crippen molar-refractivity contribution in [3.05, 3.63) is 58.6 Å². The van der Waals surface area contributed by atoms with Gasteiger partial charge < -0.3 is 20.5 Å². The second kappa shape index (κ2) is 8.42. The number of aromatic nitrogens is 2. The van der Waals surface area contributed by atoms with E-state index in [9.17, 15) is 14.4 Å². The zero-order valence-electron chi connectivity index (χ0n) is 16.0. The first kappa shape index (κ1) is 19.9. The van der Waals surface area contributed by atoms with Crippen LogP contribution in [0.5, 0.6) is 11.5 Å². The Labute approximate surface area is 166 Å². The summed E-state index contributed by atoms with van der Waals surface area (Å²) in [5.74, 6) is 0.0802. The molecule has 0 spiro atoms. The number of ether oxygens (including phenoxy) is 2. The Balaban J connectivity index is 1.72. The number of anilines is 1. The fraction of sp³-hybridized carbons (Fsp3) is 0.200. The summed E-state index contributed by atoms with van der Waals surface area (Å²) in [6.07, 6.45) is 1.46. The molecule has 0 saturated heterocycles. The number of primary amides is 1. The predicted octanol–water partition coefficient (Wildman–Crippen LogP) is 1.54. The average molecular weight is 396 g/mol. The number of nitrogens with two attached hydrogens (primary N) is 1. The van der Waals surface area contributed by atoms with Gasteiger partial charge in [0.2, 0.25) is 11.8 Å². The summed E-state index contributed by atoms with van der Waals surface area (Å²) in [5.41, 5.74) is 6.26. The summed E-state index contributed by atoms with van der Waals surface area (Å²) in [6, 6.07) is 9.42. The van der Waals surface area contributed by atoms with Crippen molar-refractivity contribution in [3.63, 3.8) is 0 Å². The number of hydrogen-bond donors (Lipinski definition) is 2. The Kier molecular flexibility index (Phi) is 5.77. The minimum absolute atomic E-state index is 0.0674. The van der Waals surface area contributed by atoms with Crippen molar-refractivity contribution < 1.29 is 19.1 Å². The van der Waals surface area contributed by atoms with Gasteiger partial charge in [0, 0.05) is 30.3 Å². The summed E-state index contributed by atoms with van der Waals surface area (Å²) in [5, 5.41) is 3.07. The molecule has 2 aromatic carbocycles. The van der Waals surface area contributed by atoms with Crippen LogP contribution in [0.4, 0.5) is 5.69 Å². The molecule has 3 aromatic rings. The van der Waals surface area contributed by atoms with Crippen LogP contribution in [-0.2, 0) is 11.3 Å². The molecule has 0 aliphatic carbocycles. The highest BCUT2D eigenvalue weighted by Crippen LogP contribution is 2.29. The Bertz CT molecular complexity index is 1120. The van der Waals surface area contributed by atoms with E-state index in [0.29, 0.717) is 33.7 Å². The molecule has 3 N–H and O–H groups in total. The molecule has 150 valence electrons. The summed E-state index contributed by atoms with van der Waals surface area (Å²) >= 11 is 0. The van der Waals surface area contributed by atoms with Gasteiger partial charge in [-0.15, -0.1) is 0 Å². The molecule has 0 fully saturated rings. The summed E-state index contributed by atoms with van der Waals surface area (Å²) in [4.78, 5) is 40.3. The number of hydrogen-bond acceptors (Lipinski definition) is 6. The van der Waals surface area contributed by atoms with E-state index in [4.69, 9.17) is 15.2 Å². The molecule has 0 aliphatic heterocycles. The quantitative estimate of drug-likeness (QED) is 0.624. The number of nitrogens with zero attached hydrogens (tertiary/aromatic N) is 2. The number of methoxy groups -OCH3 is 2. The molecule has 3 rings (SSSR count). The third-order valence-electron chi connectivity index (χ3n) is 4.36. The average Bonchev–Trinajstić information content (AvgIpc) is 2.72. The van der Waals surface area contributed by atoms with Crippen LogP contribution in [0.2, 0.25) is 0 Å². The molecule has 9 nitrogen and oxygen atoms in total. The monoisotopic (exact) mass is 396 g/mol. The number of nitrogens with one attached hydrogen (secondary N) is 1. The molecule has 9 heteroatoms. The lowest BCUT2D eigenvalue weighted by molar-refractivity contribution is -0.116. The van der Waals surface area contributed by atoms with Crippen molar-refractivity contribution in [3.8, 4) is 11.5 Å². The van der Waals surface area contributed by atoms with Crippen LogP contribution in [0, 0.1) is 0 Å². The van der Waals surface area contributed by atoms with Crippen LogP contribution in [-0.4, -0.2) is 35.6 Å². The van der Waals surface area contributed by atoms with E-state index in [2.05, 4.69) is 10.3 Å². The van der Waals surface area contributed by atoms with Gasteiger partial charge in [0.1, 0.15) is 0 Å². The predicted molar refractivity (Wildman–Crippen MR) is 107 cm³/mol. The smallest absolute Gasteiger partial charge is 0.261 e. The Morgan fingerprint density at radius 3 is 2.38 bits per heavy atom. The third-order valence-corrected chi connectivity index (χ3v) is 4.36. The number of rotatable bonds is 7. The van der Waals surface area contributed by atoms with E-state index in [1.165, 1.54) is 37.2 Å². The number of amides is 2.